The number of benzene rings is 2. The SMILES string of the molecule is CNCCC[C@@]1(O)c2ccccc2OCC[C@@H]1c1ccc(C)cc1. The predicted octanol–water partition coefficient (Wildman–Crippen LogP) is 3.75. The predicted molar refractivity (Wildman–Crippen MR) is 97.5 cm³/mol. The first-order valence-corrected chi connectivity index (χ1v) is 8.81. The third kappa shape index (κ3) is 3.33. The molecule has 2 aromatic carbocycles. The van der Waals surface area contributed by atoms with Crippen molar-refractivity contribution in [2.45, 2.75) is 37.7 Å². The van der Waals surface area contributed by atoms with Crippen LogP contribution in [0.25, 0.3) is 0 Å². The molecule has 24 heavy (non-hydrogen) atoms. The van der Waals surface area contributed by atoms with Gasteiger partial charge in [-0.25, -0.2) is 0 Å². The third-order valence-electron chi connectivity index (χ3n) is 5.06. The zero-order chi connectivity index (χ0) is 17.0. The van der Waals surface area contributed by atoms with Crippen molar-refractivity contribution in [3.8, 4) is 5.75 Å². The smallest absolute Gasteiger partial charge is 0.125 e. The monoisotopic (exact) mass is 325 g/mol. The maximum atomic E-state index is 11.8. The van der Waals surface area contributed by atoms with E-state index in [2.05, 4.69) is 36.5 Å². The number of rotatable bonds is 5. The minimum atomic E-state index is -0.904. The molecule has 0 unspecified atom stereocenters. The summed E-state index contributed by atoms with van der Waals surface area (Å²) in [4.78, 5) is 0. The average Bonchev–Trinajstić information content (AvgIpc) is 2.74. The van der Waals surface area contributed by atoms with Crippen molar-refractivity contribution in [1.82, 2.24) is 5.32 Å². The number of hydrogen-bond donors (Lipinski definition) is 2. The van der Waals surface area contributed by atoms with Crippen LogP contribution in [0.5, 0.6) is 5.75 Å². The molecule has 0 saturated heterocycles. The van der Waals surface area contributed by atoms with Crippen LogP contribution in [-0.4, -0.2) is 25.3 Å². The lowest BCUT2D eigenvalue weighted by Crippen LogP contribution is -2.34. The number of ether oxygens (including phenoxy) is 1. The summed E-state index contributed by atoms with van der Waals surface area (Å²) in [6.07, 6.45) is 2.45. The Labute approximate surface area is 144 Å². The second-order valence-electron chi connectivity index (χ2n) is 6.73. The largest absolute Gasteiger partial charge is 0.493 e. The Morgan fingerprint density at radius 3 is 2.67 bits per heavy atom. The van der Waals surface area contributed by atoms with Crippen molar-refractivity contribution < 1.29 is 9.84 Å². The van der Waals surface area contributed by atoms with Crippen LogP contribution in [0.15, 0.2) is 48.5 Å². The molecular weight excluding hydrogens is 298 g/mol. The summed E-state index contributed by atoms with van der Waals surface area (Å²) in [5, 5.41) is 15.0. The molecule has 2 aromatic rings. The first-order chi connectivity index (χ1) is 11.6. The fraction of sp³-hybridized carbons (Fsp3) is 0.429. The normalized spacial score (nSPS) is 23.2. The molecule has 0 spiro atoms. The van der Waals surface area contributed by atoms with Crippen molar-refractivity contribution in [2.75, 3.05) is 20.2 Å². The lowest BCUT2D eigenvalue weighted by Gasteiger charge is -2.36. The molecule has 1 heterocycles. The van der Waals surface area contributed by atoms with E-state index in [0.29, 0.717) is 13.0 Å². The summed E-state index contributed by atoms with van der Waals surface area (Å²) < 4.78 is 5.95. The Balaban J connectivity index is 2.03. The number of fused-ring (bicyclic) bond motifs is 1. The molecule has 0 aliphatic carbocycles. The van der Waals surface area contributed by atoms with Gasteiger partial charge in [-0.15, -0.1) is 0 Å². The molecule has 0 aromatic heterocycles. The third-order valence-corrected chi connectivity index (χ3v) is 5.06. The van der Waals surface area contributed by atoms with Gasteiger partial charge in [0.25, 0.3) is 0 Å². The minimum Gasteiger partial charge on any atom is -0.493 e. The molecule has 2 N–H and O–H groups in total. The molecule has 3 rings (SSSR count). The standard InChI is InChI=1S/C21H27NO2/c1-16-8-10-17(11-9-16)18-12-15-24-20-7-4-3-6-19(20)21(18,23)13-5-14-22-2/h3-4,6-11,18,22-23H,5,12-15H2,1-2H3/t18-,21+/m1/s1. The van der Waals surface area contributed by atoms with E-state index in [1.165, 1.54) is 11.1 Å². The number of hydrogen-bond acceptors (Lipinski definition) is 3. The van der Waals surface area contributed by atoms with Gasteiger partial charge in [0, 0.05) is 11.5 Å². The van der Waals surface area contributed by atoms with Gasteiger partial charge in [0.05, 0.1) is 6.61 Å². The van der Waals surface area contributed by atoms with E-state index >= 15 is 0 Å². The molecule has 1 aliphatic rings. The van der Waals surface area contributed by atoms with Gasteiger partial charge >= 0.3 is 0 Å². The molecule has 3 nitrogen and oxygen atoms in total. The fourth-order valence-corrected chi connectivity index (χ4v) is 3.75. The van der Waals surface area contributed by atoms with E-state index in [0.717, 1.165) is 30.7 Å². The highest BCUT2D eigenvalue weighted by atomic mass is 16.5. The van der Waals surface area contributed by atoms with E-state index in [-0.39, 0.29) is 5.92 Å². The molecule has 0 amide bonds. The first kappa shape index (κ1) is 17.0. The lowest BCUT2D eigenvalue weighted by atomic mass is 9.73. The van der Waals surface area contributed by atoms with Crippen LogP contribution in [0.2, 0.25) is 0 Å². The zero-order valence-corrected chi connectivity index (χ0v) is 14.6. The Bertz CT molecular complexity index is 668. The summed E-state index contributed by atoms with van der Waals surface area (Å²) in [7, 11) is 1.95. The molecule has 0 saturated carbocycles. The Kier molecular flexibility index (Phi) is 5.22. The van der Waals surface area contributed by atoms with Gasteiger partial charge < -0.3 is 15.2 Å². The van der Waals surface area contributed by atoms with Crippen LogP contribution in [-0.2, 0) is 5.60 Å². The fourth-order valence-electron chi connectivity index (χ4n) is 3.75. The molecule has 3 heteroatoms. The lowest BCUT2D eigenvalue weighted by molar-refractivity contribution is -0.00343. The number of aliphatic hydroxyl groups is 1. The summed E-state index contributed by atoms with van der Waals surface area (Å²) in [5.41, 5.74) is 2.44. The number of aryl methyl sites for hydroxylation is 1. The summed E-state index contributed by atoms with van der Waals surface area (Å²) in [6, 6.07) is 16.5. The quantitative estimate of drug-likeness (QED) is 0.823. The van der Waals surface area contributed by atoms with Gasteiger partial charge in [0.1, 0.15) is 11.4 Å². The Hall–Kier alpha value is -1.84. The van der Waals surface area contributed by atoms with Gasteiger partial charge in [-0.3, -0.25) is 0 Å². The topological polar surface area (TPSA) is 41.5 Å². The number of nitrogens with one attached hydrogen (secondary N) is 1. The van der Waals surface area contributed by atoms with E-state index in [4.69, 9.17) is 4.74 Å². The van der Waals surface area contributed by atoms with E-state index in [1.807, 2.05) is 31.3 Å². The van der Waals surface area contributed by atoms with Gasteiger partial charge in [0.2, 0.25) is 0 Å². The van der Waals surface area contributed by atoms with Crippen molar-refractivity contribution in [3.63, 3.8) is 0 Å². The summed E-state index contributed by atoms with van der Waals surface area (Å²) in [5.74, 6) is 0.859. The Morgan fingerprint density at radius 2 is 1.92 bits per heavy atom. The molecule has 0 fully saturated rings. The van der Waals surface area contributed by atoms with Gasteiger partial charge in [0.15, 0.2) is 0 Å². The van der Waals surface area contributed by atoms with Crippen molar-refractivity contribution in [2.24, 2.45) is 0 Å². The van der Waals surface area contributed by atoms with Crippen molar-refractivity contribution in [1.29, 1.82) is 0 Å². The van der Waals surface area contributed by atoms with Gasteiger partial charge in [-0.2, -0.15) is 0 Å². The van der Waals surface area contributed by atoms with Crippen LogP contribution in [0.4, 0.5) is 0 Å². The number of para-hydroxylation sites is 1. The first-order valence-electron chi connectivity index (χ1n) is 8.81. The second kappa shape index (κ2) is 7.37. The average molecular weight is 325 g/mol. The maximum absolute atomic E-state index is 11.8. The minimum absolute atomic E-state index is 0.0404. The molecule has 128 valence electrons. The molecule has 1 aliphatic heterocycles. The van der Waals surface area contributed by atoms with Crippen LogP contribution in [0.1, 0.15) is 41.9 Å². The molecule has 0 bridgehead atoms. The molecule has 2 atom stereocenters. The van der Waals surface area contributed by atoms with Crippen LogP contribution in [0, 0.1) is 6.92 Å². The molecular formula is C21H27NO2. The Morgan fingerprint density at radius 1 is 1.17 bits per heavy atom. The summed E-state index contributed by atoms with van der Waals surface area (Å²) in [6.45, 7) is 3.62. The van der Waals surface area contributed by atoms with Gasteiger partial charge in [-0.1, -0.05) is 48.0 Å². The maximum Gasteiger partial charge on any atom is 0.125 e. The highest BCUT2D eigenvalue weighted by Crippen LogP contribution is 2.47. The van der Waals surface area contributed by atoms with Crippen molar-refractivity contribution in [3.05, 3.63) is 65.2 Å². The van der Waals surface area contributed by atoms with E-state index in [9.17, 15) is 5.11 Å². The summed E-state index contributed by atoms with van der Waals surface area (Å²) >= 11 is 0. The second-order valence-corrected chi connectivity index (χ2v) is 6.73. The van der Waals surface area contributed by atoms with Crippen molar-refractivity contribution >= 4 is 0 Å². The molecule has 0 radical (unpaired) electrons. The van der Waals surface area contributed by atoms with Crippen LogP contribution in [0.3, 0.4) is 0 Å². The van der Waals surface area contributed by atoms with Gasteiger partial charge in [-0.05, 0) is 51.4 Å². The van der Waals surface area contributed by atoms with Crippen LogP contribution < -0.4 is 10.1 Å². The zero-order valence-electron chi connectivity index (χ0n) is 14.6. The van der Waals surface area contributed by atoms with E-state index < -0.39 is 5.60 Å². The highest BCUT2D eigenvalue weighted by Gasteiger charge is 2.42. The van der Waals surface area contributed by atoms with Crippen LogP contribution >= 0.6 is 0 Å². The highest BCUT2D eigenvalue weighted by molar-refractivity contribution is 5.42. The van der Waals surface area contributed by atoms with E-state index in [1.54, 1.807) is 0 Å².